The second-order valence-electron chi connectivity index (χ2n) is 6.44. The van der Waals surface area contributed by atoms with Crippen LogP contribution in [0.3, 0.4) is 0 Å². The highest BCUT2D eigenvalue weighted by Crippen LogP contribution is 2.38. The smallest absolute Gasteiger partial charge is 0.243 e. The van der Waals surface area contributed by atoms with Gasteiger partial charge in [0.15, 0.2) is 11.5 Å². The number of hydrogen-bond donors (Lipinski definition) is 1. The molecule has 1 amide bonds. The quantitative estimate of drug-likeness (QED) is 0.434. The summed E-state index contributed by atoms with van der Waals surface area (Å²) in [4.78, 5) is 12.1. The zero-order chi connectivity index (χ0) is 20.6. The predicted octanol–water partition coefficient (Wildman–Crippen LogP) is 4.22. The highest BCUT2D eigenvalue weighted by atomic mass is 16.5. The molecule has 0 aliphatic carbocycles. The van der Waals surface area contributed by atoms with Crippen molar-refractivity contribution in [1.29, 1.82) is 0 Å². The van der Waals surface area contributed by atoms with Gasteiger partial charge >= 0.3 is 0 Å². The van der Waals surface area contributed by atoms with Crippen LogP contribution >= 0.6 is 0 Å². The number of furan rings is 1. The first kappa shape index (κ1) is 20.3. The Balaban J connectivity index is 1.51. The lowest BCUT2D eigenvalue weighted by Crippen LogP contribution is -2.22. The summed E-state index contributed by atoms with van der Waals surface area (Å²) in [6.45, 7) is 0.565. The van der Waals surface area contributed by atoms with Crippen LogP contribution in [-0.2, 0) is 11.2 Å². The monoisotopic (exact) mass is 395 g/mol. The van der Waals surface area contributed by atoms with Gasteiger partial charge in [-0.05, 0) is 42.3 Å². The fraction of sp³-hybridized carbons (Fsp3) is 0.261. The van der Waals surface area contributed by atoms with E-state index in [0.717, 1.165) is 35.1 Å². The molecule has 2 aromatic carbocycles. The molecule has 6 heteroatoms. The molecule has 3 aromatic rings. The van der Waals surface area contributed by atoms with Crippen LogP contribution in [0, 0.1) is 0 Å². The summed E-state index contributed by atoms with van der Waals surface area (Å²) in [6.07, 6.45) is 4.76. The Labute approximate surface area is 170 Å². The van der Waals surface area contributed by atoms with Crippen LogP contribution in [0.2, 0.25) is 0 Å². The van der Waals surface area contributed by atoms with Crippen molar-refractivity contribution in [3.63, 3.8) is 0 Å². The minimum absolute atomic E-state index is 0.164. The number of carbonyl (C=O) groups is 1. The Kier molecular flexibility index (Phi) is 6.79. The van der Waals surface area contributed by atoms with Crippen molar-refractivity contribution in [3.8, 4) is 17.2 Å². The van der Waals surface area contributed by atoms with Gasteiger partial charge in [-0.25, -0.2) is 0 Å². The van der Waals surface area contributed by atoms with E-state index in [2.05, 4.69) is 5.32 Å². The first-order valence-corrected chi connectivity index (χ1v) is 9.38. The minimum Gasteiger partial charge on any atom is -0.493 e. The molecule has 152 valence electrons. The van der Waals surface area contributed by atoms with Crippen molar-refractivity contribution >= 4 is 23.0 Å². The fourth-order valence-corrected chi connectivity index (χ4v) is 3.06. The summed E-state index contributed by atoms with van der Waals surface area (Å²) in [7, 11) is 4.66. The highest BCUT2D eigenvalue weighted by molar-refractivity contribution is 5.91. The molecular formula is C23H25NO5. The molecule has 29 heavy (non-hydrogen) atoms. The summed E-state index contributed by atoms with van der Waals surface area (Å²) in [5, 5.41) is 3.98. The van der Waals surface area contributed by atoms with Crippen LogP contribution < -0.4 is 19.5 Å². The largest absolute Gasteiger partial charge is 0.493 e. The number of fused-ring (bicyclic) bond motifs is 1. The molecule has 3 rings (SSSR count). The number of aryl methyl sites for hydroxylation is 1. The van der Waals surface area contributed by atoms with Gasteiger partial charge in [0.1, 0.15) is 11.3 Å². The van der Waals surface area contributed by atoms with Crippen LogP contribution in [0.4, 0.5) is 0 Å². The number of ether oxygens (including phenoxy) is 3. The SMILES string of the molecule is COc1cc(/C=C/C(=O)NCCCc2cc3ccccc3o2)cc(OC)c1OC. The highest BCUT2D eigenvalue weighted by Gasteiger charge is 2.12. The molecule has 0 saturated heterocycles. The molecule has 0 unspecified atom stereocenters. The Morgan fingerprint density at radius 2 is 1.76 bits per heavy atom. The maximum Gasteiger partial charge on any atom is 0.243 e. The van der Waals surface area contributed by atoms with E-state index in [9.17, 15) is 4.79 Å². The molecule has 6 nitrogen and oxygen atoms in total. The van der Waals surface area contributed by atoms with E-state index >= 15 is 0 Å². The molecule has 1 N–H and O–H groups in total. The predicted molar refractivity (Wildman–Crippen MR) is 113 cm³/mol. The number of hydrogen-bond acceptors (Lipinski definition) is 5. The van der Waals surface area contributed by atoms with Crippen LogP contribution in [0.5, 0.6) is 17.2 Å². The van der Waals surface area contributed by atoms with Gasteiger partial charge in [0, 0.05) is 24.4 Å². The maximum absolute atomic E-state index is 12.1. The van der Waals surface area contributed by atoms with Gasteiger partial charge in [-0.2, -0.15) is 0 Å². The summed E-state index contributed by atoms with van der Waals surface area (Å²) >= 11 is 0. The summed E-state index contributed by atoms with van der Waals surface area (Å²) in [6, 6.07) is 13.5. The zero-order valence-corrected chi connectivity index (χ0v) is 16.9. The summed E-state index contributed by atoms with van der Waals surface area (Å²) in [5.41, 5.74) is 1.66. The maximum atomic E-state index is 12.1. The molecule has 0 fully saturated rings. The summed E-state index contributed by atoms with van der Waals surface area (Å²) in [5.74, 6) is 2.36. The first-order valence-electron chi connectivity index (χ1n) is 9.38. The second kappa shape index (κ2) is 9.68. The molecule has 0 spiro atoms. The fourth-order valence-electron chi connectivity index (χ4n) is 3.06. The summed E-state index contributed by atoms with van der Waals surface area (Å²) < 4.78 is 21.7. The molecule has 0 aliphatic heterocycles. The third-order valence-corrected chi connectivity index (χ3v) is 4.49. The van der Waals surface area contributed by atoms with Crippen molar-refractivity contribution in [2.24, 2.45) is 0 Å². The normalized spacial score (nSPS) is 11.0. The Morgan fingerprint density at radius 1 is 1.03 bits per heavy atom. The number of para-hydroxylation sites is 1. The lowest BCUT2D eigenvalue weighted by atomic mass is 10.1. The molecule has 1 heterocycles. The van der Waals surface area contributed by atoms with E-state index in [1.807, 2.05) is 30.3 Å². The van der Waals surface area contributed by atoms with Crippen molar-refractivity contribution in [2.75, 3.05) is 27.9 Å². The van der Waals surface area contributed by atoms with Crippen molar-refractivity contribution < 1.29 is 23.4 Å². The number of nitrogens with one attached hydrogen (secondary N) is 1. The average Bonchev–Trinajstić information content (AvgIpc) is 3.17. The van der Waals surface area contributed by atoms with Crippen molar-refractivity contribution in [1.82, 2.24) is 5.32 Å². The van der Waals surface area contributed by atoms with Crippen LogP contribution in [0.1, 0.15) is 17.7 Å². The van der Waals surface area contributed by atoms with E-state index in [0.29, 0.717) is 23.8 Å². The van der Waals surface area contributed by atoms with Crippen LogP contribution in [-0.4, -0.2) is 33.8 Å². The number of carbonyl (C=O) groups excluding carboxylic acids is 1. The lowest BCUT2D eigenvalue weighted by Gasteiger charge is -2.12. The van der Waals surface area contributed by atoms with Crippen molar-refractivity contribution in [2.45, 2.75) is 12.8 Å². The van der Waals surface area contributed by atoms with Gasteiger partial charge in [-0.15, -0.1) is 0 Å². The molecular weight excluding hydrogens is 370 g/mol. The molecule has 0 atom stereocenters. The molecule has 0 aliphatic rings. The Morgan fingerprint density at radius 3 is 2.41 bits per heavy atom. The van der Waals surface area contributed by atoms with Gasteiger partial charge in [0.25, 0.3) is 0 Å². The lowest BCUT2D eigenvalue weighted by molar-refractivity contribution is -0.116. The van der Waals surface area contributed by atoms with E-state index in [-0.39, 0.29) is 5.91 Å². The standard InChI is InChI=1S/C23H25NO5/c1-26-20-13-16(14-21(27-2)23(20)28-3)10-11-22(25)24-12-6-8-18-15-17-7-4-5-9-19(17)29-18/h4-5,7,9-11,13-15H,6,8,12H2,1-3H3,(H,24,25)/b11-10+. The Bertz CT molecular complexity index is 947. The topological polar surface area (TPSA) is 69.9 Å². The zero-order valence-electron chi connectivity index (χ0n) is 16.9. The van der Waals surface area contributed by atoms with Gasteiger partial charge in [-0.1, -0.05) is 18.2 Å². The molecule has 0 radical (unpaired) electrons. The number of amides is 1. The van der Waals surface area contributed by atoms with Gasteiger partial charge in [0.2, 0.25) is 11.7 Å². The number of benzene rings is 2. The van der Waals surface area contributed by atoms with Gasteiger partial charge < -0.3 is 23.9 Å². The third-order valence-electron chi connectivity index (χ3n) is 4.49. The molecule has 0 saturated carbocycles. The van der Waals surface area contributed by atoms with E-state index < -0.39 is 0 Å². The van der Waals surface area contributed by atoms with Crippen molar-refractivity contribution in [3.05, 3.63) is 59.9 Å². The molecule has 1 aromatic heterocycles. The third kappa shape index (κ3) is 5.10. The molecule has 0 bridgehead atoms. The Hall–Kier alpha value is -3.41. The van der Waals surface area contributed by atoms with E-state index in [1.165, 1.54) is 6.08 Å². The minimum atomic E-state index is -0.164. The number of rotatable bonds is 9. The van der Waals surface area contributed by atoms with E-state index in [4.69, 9.17) is 18.6 Å². The van der Waals surface area contributed by atoms with Gasteiger partial charge in [-0.3, -0.25) is 4.79 Å². The number of methoxy groups -OCH3 is 3. The first-order chi connectivity index (χ1) is 14.1. The second-order valence-corrected chi connectivity index (χ2v) is 6.44. The van der Waals surface area contributed by atoms with E-state index in [1.54, 1.807) is 39.5 Å². The van der Waals surface area contributed by atoms with Gasteiger partial charge in [0.05, 0.1) is 21.3 Å². The van der Waals surface area contributed by atoms with Crippen LogP contribution in [0.25, 0.3) is 17.0 Å². The van der Waals surface area contributed by atoms with Crippen LogP contribution in [0.15, 0.2) is 53.0 Å². The average molecular weight is 395 g/mol.